The van der Waals surface area contributed by atoms with Crippen LogP contribution in [0.2, 0.25) is 0 Å². The maximum atomic E-state index is 10.8. The zero-order valence-corrected chi connectivity index (χ0v) is 22.7. The molecule has 1 heteroatoms. The summed E-state index contributed by atoms with van der Waals surface area (Å²) in [7, 11) is 0. The van der Waals surface area contributed by atoms with Crippen LogP contribution in [-0.2, 0) is 0 Å². The molecule has 4 aliphatic carbocycles. The van der Waals surface area contributed by atoms with Gasteiger partial charge in [-0.15, -0.1) is 6.58 Å². The summed E-state index contributed by atoms with van der Waals surface area (Å²) in [5, 5.41) is 10.8. The summed E-state index contributed by atoms with van der Waals surface area (Å²) in [5.41, 5.74) is 0.967. The molecule has 188 valence electrons. The Morgan fingerprint density at radius 3 is 2.21 bits per heavy atom. The second-order valence-corrected chi connectivity index (χ2v) is 13.6. The Labute approximate surface area is 205 Å². The van der Waals surface area contributed by atoms with Crippen LogP contribution in [0, 0.1) is 64.1 Å². The summed E-state index contributed by atoms with van der Waals surface area (Å²) < 4.78 is 0. The topological polar surface area (TPSA) is 20.2 Å². The van der Waals surface area contributed by atoms with Gasteiger partial charge >= 0.3 is 0 Å². The van der Waals surface area contributed by atoms with E-state index in [-0.39, 0.29) is 6.10 Å². The molecule has 1 nitrogen and oxygen atoms in total. The van der Waals surface area contributed by atoms with Gasteiger partial charge in [0.25, 0.3) is 0 Å². The molecule has 0 saturated heterocycles. The van der Waals surface area contributed by atoms with Gasteiger partial charge in [0.1, 0.15) is 0 Å². The molecule has 1 N–H and O–H groups in total. The van der Waals surface area contributed by atoms with E-state index in [1.807, 2.05) is 0 Å². The third-order valence-electron chi connectivity index (χ3n) is 12.1. The summed E-state index contributed by atoms with van der Waals surface area (Å²) in [6.45, 7) is 19.0. The standard InChI is InChI=1S/C32H54O/c1-8-10-25-28-14-13-24-27-16-15-26(22(5)11-12-23(9-2)21(3)4)31(27,6)19-17-29(24)32(28,7)20-18-30(25)33/h8,11-12,21-30,33H,1,9-10,13-20H2,2-7H3/t22-,23+,24+,25+,26-,27+,28?,29+,30-,31-,32+/m1/s1. The number of allylic oxidation sites excluding steroid dienone is 3. The Kier molecular flexibility index (Phi) is 7.60. The average Bonchev–Trinajstić information content (AvgIpc) is 3.13. The van der Waals surface area contributed by atoms with Crippen LogP contribution >= 0.6 is 0 Å². The Hall–Kier alpha value is -0.560. The van der Waals surface area contributed by atoms with E-state index >= 15 is 0 Å². The first-order valence-electron chi connectivity index (χ1n) is 14.6. The van der Waals surface area contributed by atoms with E-state index in [0.717, 1.165) is 48.3 Å². The van der Waals surface area contributed by atoms with Crippen molar-refractivity contribution in [1.29, 1.82) is 0 Å². The van der Waals surface area contributed by atoms with Crippen molar-refractivity contribution in [2.24, 2.45) is 64.1 Å². The molecular formula is C32H54O. The SMILES string of the molecule is C=CC[C@H]1C2CC[C@H]3[C@@H]4CC[C@H]([C@H](C)C=C[C@H](CC)C(C)C)[C@@]4(C)CC[C@@H]3[C@@]2(C)CC[C@H]1O. The van der Waals surface area contributed by atoms with Gasteiger partial charge in [0.15, 0.2) is 0 Å². The number of hydrogen-bond acceptors (Lipinski definition) is 1. The minimum Gasteiger partial charge on any atom is -0.393 e. The lowest BCUT2D eigenvalue weighted by molar-refractivity contribution is -0.151. The van der Waals surface area contributed by atoms with E-state index < -0.39 is 0 Å². The third kappa shape index (κ3) is 4.32. The van der Waals surface area contributed by atoms with Crippen molar-refractivity contribution in [3.05, 3.63) is 24.8 Å². The van der Waals surface area contributed by atoms with E-state index in [2.05, 4.69) is 66.3 Å². The number of hydrogen-bond donors (Lipinski definition) is 1. The maximum Gasteiger partial charge on any atom is 0.0574 e. The van der Waals surface area contributed by atoms with Crippen molar-refractivity contribution < 1.29 is 5.11 Å². The van der Waals surface area contributed by atoms with Gasteiger partial charge in [0.2, 0.25) is 0 Å². The first kappa shape index (κ1) is 25.5. The first-order valence-corrected chi connectivity index (χ1v) is 14.6. The third-order valence-corrected chi connectivity index (χ3v) is 12.1. The van der Waals surface area contributed by atoms with Gasteiger partial charge in [-0.25, -0.2) is 0 Å². The lowest BCUT2D eigenvalue weighted by Gasteiger charge is -2.62. The number of aliphatic hydroxyl groups is 1. The molecule has 0 heterocycles. The second-order valence-electron chi connectivity index (χ2n) is 13.6. The van der Waals surface area contributed by atoms with Crippen LogP contribution in [0.5, 0.6) is 0 Å². The van der Waals surface area contributed by atoms with Gasteiger partial charge in [0.05, 0.1) is 6.10 Å². The molecule has 4 rings (SSSR count). The molecule has 0 bridgehead atoms. The minimum atomic E-state index is -0.104. The first-order chi connectivity index (χ1) is 15.7. The quantitative estimate of drug-likeness (QED) is 0.381. The average molecular weight is 455 g/mol. The van der Waals surface area contributed by atoms with Crippen molar-refractivity contribution in [3.63, 3.8) is 0 Å². The Balaban J connectivity index is 1.51. The molecule has 0 radical (unpaired) electrons. The summed E-state index contributed by atoms with van der Waals surface area (Å²) >= 11 is 0. The molecule has 0 aromatic rings. The van der Waals surface area contributed by atoms with E-state index in [0.29, 0.717) is 28.6 Å². The van der Waals surface area contributed by atoms with Crippen molar-refractivity contribution in [3.8, 4) is 0 Å². The summed E-state index contributed by atoms with van der Waals surface area (Å²) in [5.74, 6) is 6.91. The van der Waals surface area contributed by atoms with Crippen LogP contribution in [0.3, 0.4) is 0 Å². The summed E-state index contributed by atoms with van der Waals surface area (Å²) in [6.07, 6.45) is 20.2. The van der Waals surface area contributed by atoms with Crippen molar-refractivity contribution in [1.82, 2.24) is 0 Å². The molecule has 4 fully saturated rings. The van der Waals surface area contributed by atoms with E-state index in [1.54, 1.807) is 0 Å². The fraction of sp³-hybridized carbons (Fsp3) is 0.875. The van der Waals surface area contributed by atoms with Gasteiger partial charge in [-0.3, -0.25) is 0 Å². The van der Waals surface area contributed by atoms with Gasteiger partial charge < -0.3 is 5.11 Å². The lowest BCUT2D eigenvalue weighted by Crippen LogP contribution is -2.56. The van der Waals surface area contributed by atoms with E-state index in [1.165, 1.54) is 51.4 Å². The molecule has 0 spiro atoms. The molecule has 0 aromatic carbocycles. The van der Waals surface area contributed by atoms with Crippen LogP contribution < -0.4 is 0 Å². The highest BCUT2D eigenvalue weighted by Gasteiger charge is 2.61. The van der Waals surface area contributed by atoms with Gasteiger partial charge in [-0.05, 0) is 128 Å². The normalized spacial score (nSPS) is 47.1. The van der Waals surface area contributed by atoms with Crippen molar-refractivity contribution in [2.45, 2.75) is 112 Å². The molecule has 0 aromatic heterocycles. The monoisotopic (exact) mass is 454 g/mol. The smallest absolute Gasteiger partial charge is 0.0574 e. The zero-order chi connectivity index (χ0) is 24.0. The maximum absolute atomic E-state index is 10.8. The highest BCUT2D eigenvalue weighted by atomic mass is 16.3. The van der Waals surface area contributed by atoms with Crippen LogP contribution in [0.15, 0.2) is 24.8 Å². The fourth-order valence-corrected chi connectivity index (χ4v) is 10.2. The van der Waals surface area contributed by atoms with E-state index in [4.69, 9.17) is 0 Å². The molecule has 33 heavy (non-hydrogen) atoms. The Bertz CT molecular complexity index is 707. The summed E-state index contributed by atoms with van der Waals surface area (Å²) in [4.78, 5) is 0. The van der Waals surface area contributed by atoms with Gasteiger partial charge in [0, 0.05) is 0 Å². The van der Waals surface area contributed by atoms with Gasteiger partial charge in [-0.1, -0.05) is 59.8 Å². The number of fused-ring (bicyclic) bond motifs is 5. The Morgan fingerprint density at radius 1 is 0.879 bits per heavy atom. The molecule has 4 aliphatic rings. The summed E-state index contributed by atoms with van der Waals surface area (Å²) in [6, 6.07) is 0. The predicted molar refractivity (Wildman–Crippen MR) is 142 cm³/mol. The minimum absolute atomic E-state index is 0.104. The predicted octanol–water partition coefficient (Wildman–Crippen LogP) is 8.68. The number of rotatable bonds is 7. The highest BCUT2D eigenvalue weighted by molar-refractivity contribution is 5.12. The highest BCUT2D eigenvalue weighted by Crippen LogP contribution is 2.69. The van der Waals surface area contributed by atoms with Crippen LogP contribution in [0.4, 0.5) is 0 Å². The molecule has 0 amide bonds. The largest absolute Gasteiger partial charge is 0.393 e. The van der Waals surface area contributed by atoms with Crippen LogP contribution in [-0.4, -0.2) is 11.2 Å². The molecule has 4 saturated carbocycles. The van der Waals surface area contributed by atoms with E-state index in [9.17, 15) is 5.11 Å². The Morgan fingerprint density at radius 2 is 1.55 bits per heavy atom. The van der Waals surface area contributed by atoms with Crippen LogP contribution in [0.1, 0.15) is 106 Å². The second kappa shape index (κ2) is 9.83. The van der Waals surface area contributed by atoms with Crippen molar-refractivity contribution >= 4 is 0 Å². The molecule has 1 unspecified atom stereocenters. The number of aliphatic hydroxyl groups excluding tert-OH is 1. The molecule has 11 atom stereocenters. The lowest BCUT2D eigenvalue weighted by atomic mass is 9.43. The van der Waals surface area contributed by atoms with Gasteiger partial charge in [-0.2, -0.15) is 0 Å². The van der Waals surface area contributed by atoms with Crippen molar-refractivity contribution in [2.75, 3.05) is 0 Å². The zero-order valence-electron chi connectivity index (χ0n) is 22.7. The fourth-order valence-electron chi connectivity index (χ4n) is 10.2. The molecule has 0 aliphatic heterocycles. The van der Waals surface area contributed by atoms with Crippen LogP contribution in [0.25, 0.3) is 0 Å². The molecular weight excluding hydrogens is 400 g/mol.